The first-order valence-electron chi connectivity index (χ1n) is 6.38. The Morgan fingerprint density at radius 2 is 2.33 bits per heavy atom. The van der Waals surface area contributed by atoms with Gasteiger partial charge in [0.1, 0.15) is 0 Å². The van der Waals surface area contributed by atoms with Gasteiger partial charge in [0.05, 0.1) is 19.2 Å². The zero-order chi connectivity index (χ0) is 13.1. The van der Waals surface area contributed by atoms with Gasteiger partial charge in [0.25, 0.3) is 0 Å². The van der Waals surface area contributed by atoms with Gasteiger partial charge in [-0.1, -0.05) is 6.92 Å². The van der Waals surface area contributed by atoms with E-state index in [1.165, 1.54) is 20.0 Å². The van der Waals surface area contributed by atoms with Gasteiger partial charge in [0.15, 0.2) is 5.13 Å². The van der Waals surface area contributed by atoms with Crippen LogP contribution in [0.25, 0.3) is 0 Å². The van der Waals surface area contributed by atoms with Crippen LogP contribution < -0.4 is 4.90 Å². The Balaban J connectivity index is 2.06. The first-order valence-corrected chi connectivity index (χ1v) is 7.26. The van der Waals surface area contributed by atoms with Crippen LogP contribution in [0, 0.1) is 5.92 Å². The zero-order valence-electron chi connectivity index (χ0n) is 11.2. The summed E-state index contributed by atoms with van der Waals surface area (Å²) in [6, 6.07) is 0.540. The van der Waals surface area contributed by atoms with Crippen molar-refractivity contribution < 1.29 is 9.53 Å². The molecule has 18 heavy (non-hydrogen) atoms. The van der Waals surface area contributed by atoms with E-state index < -0.39 is 0 Å². The maximum absolute atomic E-state index is 11.2. The Kier molecular flexibility index (Phi) is 4.22. The number of esters is 1. The number of aromatic nitrogens is 1. The lowest BCUT2D eigenvalue weighted by Gasteiger charge is -2.36. The molecule has 0 aliphatic carbocycles. The van der Waals surface area contributed by atoms with Crippen molar-refractivity contribution in [3.05, 3.63) is 11.1 Å². The molecule has 2 unspecified atom stereocenters. The van der Waals surface area contributed by atoms with Gasteiger partial charge in [-0.05, 0) is 25.7 Å². The van der Waals surface area contributed by atoms with Crippen molar-refractivity contribution in [3.8, 4) is 0 Å². The number of carbonyl (C=O) groups excluding carboxylic acids is 1. The molecule has 1 aromatic heterocycles. The van der Waals surface area contributed by atoms with Crippen LogP contribution in [0.3, 0.4) is 0 Å². The molecular formula is C13H20N2O2S. The highest BCUT2D eigenvalue weighted by atomic mass is 32.1. The fourth-order valence-corrected chi connectivity index (χ4v) is 3.22. The summed E-state index contributed by atoms with van der Waals surface area (Å²) in [5.41, 5.74) is 0.812. The first kappa shape index (κ1) is 13.3. The molecule has 0 aromatic carbocycles. The van der Waals surface area contributed by atoms with Crippen LogP contribution in [0.1, 0.15) is 32.4 Å². The van der Waals surface area contributed by atoms with Crippen molar-refractivity contribution >= 4 is 22.4 Å². The lowest BCUT2D eigenvalue weighted by Crippen LogP contribution is -2.41. The molecule has 4 nitrogen and oxygen atoms in total. The van der Waals surface area contributed by atoms with Gasteiger partial charge in [0, 0.05) is 18.0 Å². The Morgan fingerprint density at radius 1 is 1.56 bits per heavy atom. The van der Waals surface area contributed by atoms with Gasteiger partial charge < -0.3 is 9.64 Å². The summed E-state index contributed by atoms with van der Waals surface area (Å²) < 4.78 is 4.66. The number of hydrogen-bond donors (Lipinski definition) is 0. The molecule has 1 aromatic rings. The average Bonchev–Trinajstić information content (AvgIpc) is 2.80. The molecular weight excluding hydrogens is 248 g/mol. The second-order valence-electron chi connectivity index (χ2n) is 5.06. The minimum atomic E-state index is -0.230. The van der Waals surface area contributed by atoms with Crippen molar-refractivity contribution in [1.29, 1.82) is 0 Å². The fourth-order valence-electron chi connectivity index (χ4n) is 2.28. The molecule has 2 rings (SSSR count). The summed E-state index contributed by atoms with van der Waals surface area (Å²) in [4.78, 5) is 18.1. The number of rotatable bonds is 3. The molecule has 5 heteroatoms. The highest BCUT2D eigenvalue weighted by Crippen LogP contribution is 2.29. The van der Waals surface area contributed by atoms with Crippen molar-refractivity contribution in [1.82, 2.24) is 4.98 Å². The van der Waals surface area contributed by atoms with E-state index in [-0.39, 0.29) is 12.4 Å². The summed E-state index contributed by atoms with van der Waals surface area (Å²) in [7, 11) is 1.41. The van der Waals surface area contributed by atoms with E-state index in [1.54, 1.807) is 11.3 Å². The second kappa shape index (κ2) is 5.69. The smallest absolute Gasteiger partial charge is 0.311 e. The molecule has 0 saturated carbocycles. The largest absolute Gasteiger partial charge is 0.469 e. The summed E-state index contributed by atoms with van der Waals surface area (Å²) in [6.07, 6.45) is 2.77. The van der Waals surface area contributed by atoms with E-state index in [4.69, 9.17) is 0 Å². The lowest BCUT2D eigenvalue weighted by molar-refractivity contribution is -0.139. The fraction of sp³-hybridized carbons (Fsp3) is 0.692. The third-order valence-corrected chi connectivity index (χ3v) is 4.38. The van der Waals surface area contributed by atoms with Crippen LogP contribution in [0.5, 0.6) is 0 Å². The van der Waals surface area contributed by atoms with Crippen LogP contribution in [0.2, 0.25) is 0 Å². The highest BCUT2D eigenvalue weighted by molar-refractivity contribution is 7.13. The maximum atomic E-state index is 11.2. The van der Waals surface area contributed by atoms with Crippen LogP contribution in [0.15, 0.2) is 5.38 Å². The molecule has 2 heterocycles. The van der Waals surface area contributed by atoms with E-state index in [9.17, 15) is 4.79 Å². The molecule has 0 radical (unpaired) electrons. The zero-order valence-corrected chi connectivity index (χ0v) is 12.0. The quantitative estimate of drug-likeness (QED) is 0.790. The lowest BCUT2D eigenvalue weighted by atomic mass is 9.96. The Labute approximate surface area is 112 Å². The van der Waals surface area contributed by atoms with Gasteiger partial charge in [-0.15, -0.1) is 11.3 Å². The molecule has 0 amide bonds. The number of nitrogens with zero attached hydrogens (tertiary/aromatic N) is 2. The number of methoxy groups -OCH3 is 1. The van der Waals surface area contributed by atoms with Gasteiger partial charge in [0.2, 0.25) is 0 Å². The monoisotopic (exact) mass is 268 g/mol. The second-order valence-corrected chi connectivity index (χ2v) is 5.89. The van der Waals surface area contributed by atoms with E-state index in [0.717, 1.165) is 17.4 Å². The topological polar surface area (TPSA) is 42.4 Å². The number of ether oxygens (including phenoxy) is 1. The molecule has 1 saturated heterocycles. The van der Waals surface area contributed by atoms with Crippen molar-refractivity contribution in [3.63, 3.8) is 0 Å². The molecule has 0 N–H and O–H groups in total. The summed E-state index contributed by atoms with van der Waals surface area (Å²) >= 11 is 1.62. The van der Waals surface area contributed by atoms with Crippen molar-refractivity contribution in [2.45, 2.75) is 39.2 Å². The summed E-state index contributed by atoms with van der Waals surface area (Å²) in [5, 5.41) is 2.99. The summed E-state index contributed by atoms with van der Waals surface area (Å²) in [6.45, 7) is 5.58. The van der Waals surface area contributed by atoms with Gasteiger partial charge in [-0.2, -0.15) is 0 Å². The van der Waals surface area contributed by atoms with Gasteiger partial charge >= 0.3 is 5.97 Å². The molecule has 1 aliphatic rings. The Bertz CT molecular complexity index is 419. The van der Waals surface area contributed by atoms with Crippen LogP contribution >= 0.6 is 11.3 Å². The predicted octanol–water partition coefficient (Wildman–Crippen LogP) is 2.48. The highest BCUT2D eigenvalue weighted by Gasteiger charge is 2.25. The minimum Gasteiger partial charge on any atom is -0.469 e. The molecule has 2 atom stereocenters. The molecule has 1 fully saturated rings. The van der Waals surface area contributed by atoms with E-state index in [1.807, 2.05) is 5.38 Å². The third kappa shape index (κ3) is 3.02. The Hall–Kier alpha value is -1.10. The van der Waals surface area contributed by atoms with E-state index >= 15 is 0 Å². The minimum absolute atomic E-state index is 0.230. The number of thiazole rings is 1. The first-order chi connectivity index (χ1) is 8.60. The molecule has 1 aliphatic heterocycles. The van der Waals surface area contributed by atoms with Gasteiger partial charge in [-0.25, -0.2) is 4.98 Å². The van der Waals surface area contributed by atoms with Gasteiger partial charge in [-0.3, -0.25) is 4.79 Å². The average molecular weight is 268 g/mol. The summed E-state index contributed by atoms with van der Waals surface area (Å²) in [5.74, 6) is 0.487. The van der Waals surface area contributed by atoms with Crippen LogP contribution in [0.4, 0.5) is 5.13 Å². The van der Waals surface area contributed by atoms with Crippen LogP contribution in [-0.2, 0) is 16.0 Å². The predicted molar refractivity (Wildman–Crippen MR) is 73.0 cm³/mol. The van der Waals surface area contributed by atoms with Crippen LogP contribution in [-0.4, -0.2) is 30.6 Å². The van der Waals surface area contributed by atoms with E-state index in [2.05, 4.69) is 28.5 Å². The SMILES string of the molecule is COC(=O)Cc1csc(N2CC(C)CCC2C)n1. The molecule has 0 bridgehead atoms. The van der Waals surface area contributed by atoms with Crippen molar-refractivity contribution in [2.24, 2.45) is 5.92 Å². The number of hydrogen-bond acceptors (Lipinski definition) is 5. The molecule has 0 spiro atoms. The third-order valence-electron chi connectivity index (χ3n) is 3.46. The Morgan fingerprint density at radius 3 is 3.06 bits per heavy atom. The molecule has 100 valence electrons. The van der Waals surface area contributed by atoms with Crippen molar-refractivity contribution in [2.75, 3.05) is 18.6 Å². The standard InChI is InChI=1S/C13H20N2O2S/c1-9-4-5-10(2)15(7-9)13-14-11(8-18-13)6-12(16)17-3/h8-10H,4-7H2,1-3H3. The number of carbonyl (C=O) groups is 1. The normalized spacial score (nSPS) is 24.1. The van der Waals surface area contributed by atoms with E-state index in [0.29, 0.717) is 12.0 Å². The maximum Gasteiger partial charge on any atom is 0.311 e. The number of anilines is 1. The number of piperidine rings is 1.